The van der Waals surface area contributed by atoms with Crippen LogP contribution in [0.5, 0.6) is 0 Å². The smallest absolute Gasteiger partial charge is 0.0230 e. The summed E-state index contributed by atoms with van der Waals surface area (Å²) in [5, 5.41) is 3.79. The Balaban J connectivity index is 1.95. The lowest BCUT2D eigenvalue weighted by molar-refractivity contribution is 0.382. The predicted molar refractivity (Wildman–Crippen MR) is 82.1 cm³/mol. The van der Waals surface area contributed by atoms with E-state index < -0.39 is 0 Å². The molecule has 106 valence electrons. The molecule has 2 unspecified atom stereocenters. The first-order chi connectivity index (χ1) is 9.20. The van der Waals surface area contributed by atoms with Gasteiger partial charge in [0.2, 0.25) is 0 Å². The van der Waals surface area contributed by atoms with Crippen molar-refractivity contribution in [2.24, 2.45) is 5.92 Å². The Morgan fingerprint density at radius 3 is 2.58 bits per heavy atom. The maximum absolute atomic E-state index is 3.79. The summed E-state index contributed by atoms with van der Waals surface area (Å²) in [7, 11) is 4.27. The molecule has 2 atom stereocenters. The van der Waals surface area contributed by atoms with Crippen LogP contribution in [0.2, 0.25) is 0 Å². The van der Waals surface area contributed by atoms with Gasteiger partial charge in [-0.3, -0.25) is 0 Å². The van der Waals surface area contributed by atoms with Gasteiger partial charge in [0.05, 0.1) is 0 Å². The first-order valence-corrected chi connectivity index (χ1v) is 7.65. The average molecular weight is 260 g/mol. The van der Waals surface area contributed by atoms with Crippen molar-refractivity contribution < 1.29 is 0 Å². The van der Waals surface area contributed by atoms with Crippen LogP contribution >= 0.6 is 0 Å². The van der Waals surface area contributed by atoms with Crippen LogP contribution in [-0.4, -0.2) is 25.0 Å². The third-order valence-electron chi connectivity index (χ3n) is 4.34. The first-order valence-electron chi connectivity index (χ1n) is 7.65. The van der Waals surface area contributed by atoms with Crippen LogP contribution in [0, 0.1) is 5.92 Å². The van der Waals surface area contributed by atoms with E-state index >= 15 is 0 Å². The summed E-state index contributed by atoms with van der Waals surface area (Å²) in [6, 6.07) is 9.55. The summed E-state index contributed by atoms with van der Waals surface area (Å²) < 4.78 is 0. The van der Waals surface area contributed by atoms with Crippen molar-refractivity contribution in [2.75, 3.05) is 14.1 Å². The summed E-state index contributed by atoms with van der Waals surface area (Å²) >= 11 is 0. The molecule has 1 aliphatic carbocycles. The molecular weight excluding hydrogens is 232 g/mol. The van der Waals surface area contributed by atoms with E-state index in [1.165, 1.54) is 36.8 Å². The topological polar surface area (TPSA) is 15.3 Å². The minimum atomic E-state index is 0.734. The van der Waals surface area contributed by atoms with E-state index in [1.807, 2.05) is 0 Å². The van der Waals surface area contributed by atoms with E-state index in [2.05, 4.69) is 55.5 Å². The van der Waals surface area contributed by atoms with Gasteiger partial charge in [-0.1, -0.05) is 44.0 Å². The Bertz CT molecular complexity index is 387. The lowest BCUT2D eigenvalue weighted by Gasteiger charge is -2.21. The van der Waals surface area contributed by atoms with Crippen molar-refractivity contribution in [2.45, 2.75) is 51.7 Å². The van der Waals surface area contributed by atoms with Gasteiger partial charge in [-0.2, -0.15) is 0 Å². The molecule has 1 aromatic rings. The largest absolute Gasteiger partial charge is 0.310 e. The number of hydrogen-bond acceptors (Lipinski definition) is 2. The summed E-state index contributed by atoms with van der Waals surface area (Å²) in [5.41, 5.74) is 2.91. The zero-order valence-corrected chi connectivity index (χ0v) is 12.7. The zero-order chi connectivity index (χ0) is 13.7. The van der Waals surface area contributed by atoms with Crippen molar-refractivity contribution in [3.8, 4) is 0 Å². The second-order valence-corrected chi connectivity index (χ2v) is 6.09. The minimum absolute atomic E-state index is 0.734. The van der Waals surface area contributed by atoms with Gasteiger partial charge in [0.15, 0.2) is 0 Å². The maximum Gasteiger partial charge on any atom is 0.0230 e. The zero-order valence-electron chi connectivity index (χ0n) is 12.7. The summed E-state index contributed by atoms with van der Waals surface area (Å²) in [5.74, 6) is 0.890. The molecular formula is C17H28N2. The second-order valence-electron chi connectivity index (χ2n) is 6.09. The highest BCUT2D eigenvalue weighted by atomic mass is 15.0. The molecule has 1 aromatic carbocycles. The van der Waals surface area contributed by atoms with E-state index in [0.717, 1.165) is 25.0 Å². The van der Waals surface area contributed by atoms with Crippen molar-refractivity contribution in [1.29, 1.82) is 0 Å². The Labute approximate surface area is 118 Å². The molecule has 0 amide bonds. The number of rotatable bonds is 6. The fourth-order valence-electron chi connectivity index (χ4n) is 3.26. The SMILES string of the molecule is CCC1CCCC1NCc1ccccc1CN(C)C. The number of benzene rings is 1. The second kappa shape index (κ2) is 7.06. The monoisotopic (exact) mass is 260 g/mol. The van der Waals surface area contributed by atoms with Crippen LogP contribution in [-0.2, 0) is 13.1 Å². The third-order valence-corrected chi connectivity index (χ3v) is 4.34. The van der Waals surface area contributed by atoms with Gasteiger partial charge in [0.25, 0.3) is 0 Å². The molecule has 1 aliphatic rings. The molecule has 0 saturated heterocycles. The lowest BCUT2D eigenvalue weighted by atomic mass is 10.00. The van der Waals surface area contributed by atoms with Crippen molar-refractivity contribution >= 4 is 0 Å². The molecule has 2 heteroatoms. The number of hydrogen-bond donors (Lipinski definition) is 1. The molecule has 0 aliphatic heterocycles. The Morgan fingerprint density at radius 1 is 1.16 bits per heavy atom. The van der Waals surface area contributed by atoms with Gasteiger partial charge >= 0.3 is 0 Å². The van der Waals surface area contributed by atoms with Gasteiger partial charge in [-0.25, -0.2) is 0 Å². The molecule has 0 heterocycles. The van der Waals surface area contributed by atoms with E-state index in [9.17, 15) is 0 Å². The van der Waals surface area contributed by atoms with Crippen molar-refractivity contribution in [3.63, 3.8) is 0 Å². The molecule has 19 heavy (non-hydrogen) atoms. The Kier molecular flexibility index (Phi) is 5.41. The fraction of sp³-hybridized carbons (Fsp3) is 0.647. The van der Waals surface area contributed by atoms with Crippen LogP contribution in [0.3, 0.4) is 0 Å². The highest BCUT2D eigenvalue weighted by molar-refractivity contribution is 5.27. The Hall–Kier alpha value is -0.860. The van der Waals surface area contributed by atoms with Gasteiger partial charge in [-0.05, 0) is 44.0 Å². The Morgan fingerprint density at radius 2 is 1.89 bits per heavy atom. The number of nitrogens with zero attached hydrogens (tertiary/aromatic N) is 1. The van der Waals surface area contributed by atoms with Crippen molar-refractivity contribution in [1.82, 2.24) is 10.2 Å². The average Bonchev–Trinajstić information content (AvgIpc) is 2.84. The molecule has 0 radical (unpaired) electrons. The molecule has 2 rings (SSSR count). The van der Waals surface area contributed by atoms with E-state index in [0.29, 0.717) is 0 Å². The predicted octanol–water partition coefficient (Wildman–Crippen LogP) is 3.42. The van der Waals surface area contributed by atoms with Crippen LogP contribution in [0.15, 0.2) is 24.3 Å². The number of nitrogens with one attached hydrogen (secondary N) is 1. The first kappa shape index (κ1) is 14.5. The minimum Gasteiger partial charge on any atom is -0.310 e. The fourth-order valence-corrected chi connectivity index (χ4v) is 3.26. The normalized spacial score (nSPS) is 23.2. The highest BCUT2D eigenvalue weighted by Crippen LogP contribution is 2.28. The third kappa shape index (κ3) is 4.05. The standard InChI is InChI=1S/C17H28N2/c1-4-14-10-7-11-17(14)18-12-15-8-5-6-9-16(15)13-19(2)3/h5-6,8-9,14,17-18H,4,7,10-13H2,1-3H3. The molecule has 0 spiro atoms. The molecule has 1 saturated carbocycles. The van der Waals surface area contributed by atoms with Gasteiger partial charge in [0, 0.05) is 19.1 Å². The quantitative estimate of drug-likeness (QED) is 0.843. The molecule has 1 N–H and O–H groups in total. The lowest BCUT2D eigenvalue weighted by Crippen LogP contribution is -2.32. The summed E-state index contributed by atoms with van der Waals surface area (Å²) in [4.78, 5) is 2.24. The molecule has 0 aromatic heterocycles. The van der Waals surface area contributed by atoms with Crippen LogP contribution in [0.1, 0.15) is 43.7 Å². The molecule has 0 bridgehead atoms. The van der Waals surface area contributed by atoms with Gasteiger partial charge in [-0.15, -0.1) is 0 Å². The van der Waals surface area contributed by atoms with E-state index in [4.69, 9.17) is 0 Å². The van der Waals surface area contributed by atoms with E-state index in [1.54, 1.807) is 0 Å². The van der Waals surface area contributed by atoms with Crippen LogP contribution in [0.4, 0.5) is 0 Å². The van der Waals surface area contributed by atoms with Gasteiger partial charge in [0.1, 0.15) is 0 Å². The van der Waals surface area contributed by atoms with Crippen LogP contribution in [0.25, 0.3) is 0 Å². The van der Waals surface area contributed by atoms with Gasteiger partial charge < -0.3 is 10.2 Å². The maximum atomic E-state index is 3.79. The molecule has 1 fully saturated rings. The summed E-state index contributed by atoms with van der Waals surface area (Å²) in [6.45, 7) is 4.37. The van der Waals surface area contributed by atoms with E-state index in [-0.39, 0.29) is 0 Å². The summed E-state index contributed by atoms with van der Waals surface area (Å²) in [6.07, 6.45) is 5.48. The van der Waals surface area contributed by atoms with Crippen LogP contribution < -0.4 is 5.32 Å². The molecule has 2 nitrogen and oxygen atoms in total. The van der Waals surface area contributed by atoms with Crippen molar-refractivity contribution in [3.05, 3.63) is 35.4 Å². The highest BCUT2D eigenvalue weighted by Gasteiger charge is 2.25.